The minimum atomic E-state index is -0.209. The summed E-state index contributed by atoms with van der Waals surface area (Å²) in [4.78, 5) is 12.6. The molecule has 2 aromatic rings. The monoisotopic (exact) mass is 421 g/mol. The molecule has 1 aromatic heterocycles. The number of halogens is 1. The van der Waals surface area contributed by atoms with Crippen molar-refractivity contribution in [3.05, 3.63) is 45.8 Å². The van der Waals surface area contributed by atoms with Crippen LogP contribution < -0.4 is 14.8 Å². The second-order valence-electron chi connectivity index (χ2n) is 6.71. The van der Waals surface area contributed by atoms with Gasteiger partial charge in [-0.3, -0.25) is 4.79 Å². The van der Waals surface area contributed by atoms with Crippen LogP contribution in [-0.4, -0.2) is 32.5 Å². The average molecular weight is 422 g/mol. The standard InChI is InChI=1S/C19H20BrNO5/c1-12-8-16(20)26-17(12)18(22)21-10-19(4-6-23-7-5-19)13-2-3-14-15(9-13)25-11-24-14/h2-3,8-9H,4-7,10-11H2,1H3,(H,21,22). The first kappa shape index (κ1) is 17.4. The van der Waals surface area contributed by atoms with E-state index in [1.54, 1.807) is 6.07 Å². The van der Waals surface area contributed by atoms with Crippen LogP contribution in [0.4, 0.5) is 0 Å². The summed E-state index contributed by atoms with van der Waals surface area (Å²) >= 11 is 3.27. The Bertz CT molecular complexity index is 825. The molecule has 1 saturated heterocycles. The lowest BCUT2D eigenvalue weighted by molar-refractivity contribution is 0.0484. The molecule has 6 nitrogen and oxygen atoms in total. The summed E-state index contributed by atoms with van der Waals surface area (Å²) in [6, 6.07) is 7.80. The predicted octanol–water partition coefficient (Wildman–Crippen LogP) is 3.56. The van der Waals surface area contributed by atoms with Crippen LogP contribution in [0.1, 0.15) is 34.5 Å². The lowest BCUT2D eigenvalue weighted by Crippen LogP contribution is -2.44. The molecule has 1 N–H and O–H groups in total. The fraction of sp³-hybridized carbons (Fsp3) is 0.421. The third kappa shape index (κ3) is 3.21. The number of carbonyl (C=O) groups is 1. The molecule has 1 fully saturated rings. The molecule has 0 spiro atoms. The van der Waals surface area contributed by atoms with E-state index >= 15 is 0 Å². The van der Waals surface area contributed by atoms with Crippen LogP contribution in [0.2, 0.25) is 0 Å². The van der Waals surface area contributed by atoms with Crippen LogP contribution in [0.5, 0.6) is 11.5 Å². The van der Waals surface area contributed by atoms with Crippen LogP contribution in [0.25, 0.3) is 0 Å². The number of amides is 1. The zero-order valence-corrected chi connectivity index (χ0v) is 16.1. The summed E-state index contributed by atoms with van der Waals surface area (Å²) in [7, 11) is 0. The Morgan fingerprint density at radius 2 is 1.96 bits per heavy atom. The van der Waals surface area contributed by atoms with Gasteiger partial charge < -0.3 is 23.9 Å². The smallest absolute Gasteiger partial charge is 0.287 e. The van der Waals surface area contributed by atoms with E-state index in [2.05, 4.69) is 27.3 Å². The molecular weight excluding hydrogens is 402 g/mol. The van der Waals surface area contributed by atoms with Crippen molar-refractivity contribution >= 4 is 21.8 Å². The van der Waals surface area contributed by atoms with Gasteiger partial charge in [0.15, 0.2) is 21.9 Å². The first-order valence-electron chi connectivity index (χ1n) is 8.59. The topological polar surface area (TPSA) is 69.9 Å². The molecule has 0 bridgehead atoms. The maximum absolute atomic E-state index is 12.6. The SMILES string of the molecule is Cc1cc(Br)oc1C(=O)NCC1(c2ccc3c(c2)OCO3)CCOCC1. The van der Waals surface area contributed by atoms with E-state index in [0.717, 1.165) is 35.5 Å². The van der Waals surface area contributed by atoms with Gasteiger partial charge in [-0.2, -0.15) is 0 Å². The van der Waals surface area contributed by atoms with Crippen molar-refractivity contribution < 1.29 is 23.4 Å². The fourth-order valence-electron chi connectivity index (χ4n) is 3.55. The number of benzene rings is 1. The molecule has 138 valence electrons. The Hall–Kier alpha value is -1.99. The number of rotatable bonds is 4. The molecule has 0 atom stereocenters. The van der Waals surface area contributed by atoms with Gasteiger partial charge in [-0.15, -0.1) is 0 Å². The van der Waals surface area contributed by atoms with Gasteiger partial charge >= 0.3 is 0 Å². The van der Waals surface area contributed by atoms with Gasteiger partial charge in [-0.1, -0.05) is 6.07 Å². The minimum absolute atomic E-state index is 0.202. The van der Waals surface area contributed by atoms with Crippen LogP contribution in [0, 0.1) is 6.92 Å². The summed E-state index contributed by atoms with van der Waals surface area (Å²) in [6.07, 6.45) is 1.65. The second-order valence-corrected chi connectivity index (χ2v) is 7.49. The number of fused-ring (bicyclic) bond motifs is 1. The molecule has 0 radical (unpaired) electrons. The zero-order chi connectivity index (χ0) is 18.1. The van der Waals surface area contributed by atoms with Gasteiger partial charge in [-0.05, 0) is 59.5 Å². The molecule has 0 saturated carbocycles. The number of hydrogen-bond acceptors (Lipinski definition) is 5. The molecule has 2 aliphatic rings. The Balaban J connectivity index is 1.57. The Labute approximate surface area is 159 Å². The lowest BCUT2D eigenvalue weighted by atomic mass is 9.74. The van der Waals surface area contributed by atoms with Gasteiger partial charge in [-0.25, -0.2) is 0 Å². The van der Waals surface area contributed by atoms with Crippen LogP contribution in [0.3, 0.4) is 0 Å². The highest BCUT2D eigenvalue weighted by molar-refractivity contribution is 9.10. The molecule has 1 amide bonds. The summed E-state index contributed by atoms with van der Waals surface area (Å²) in [5.74, 6) is 1.64. The molecule has 26 heavy (non-hydrogen) atoms. The first-order valence-corrected chi connectivity index (χ1v) is 9.39. The van der Waals surface area contributed by atoms with Crippen molar-refractivity contribution in [1.82, 2.24) is 5.32 Å². The highest BCUT2D eigenvalue weighted by Crippen LogP contribution is 2.40. The van der Waals surface area contributed by atoms with Crippen molar-refractivity contribution in [3.63, 3.8) is 0 Å². The van der Waals surface area contributed by atoms with Crippen molar-refractivity contribution in [1.29, 1.82) is 0 Å². The van der Waals surface area contributed by atoms with Gasteiger partial charge in [0.05, 0.1) is 0 Å². The second kappa shape index (κ2) is 6.96. The number of aryl methyl sites for hydroxylation is 1. The molecule has 2 aliphatic heterocycles. The van der Waals surface area contributed by atoms with E-state index < -0.39 is 0 Å². The van der Waals surface area contributed by atoms with E-state index in [9.17, 15) is 4.79 Å². The quantitative estimate of drug-likeness (QED) is 0.816. The number of carbonyl (C=O) groups excluding carboxylic acids is 1. The van der Waals surface area contributed by atoms with Crippen LogP contribution in [-0.2, 0) is 10.2 Å². The molecule has 1 aromatic carbocycles. The fourth-order valence-corrected chi connectivity index (χ4v) is 4.06. The lowest BCUT2D eigenvalue weighted by Gasteiger charge is -2.38. The largest absolute Gasteiger partial charge is 0.454 e. The van der Waals surface area contributed by atoms with Crippen molar-refractivity contribution in [2.24, 2.45) is 0 Å². The summed E-state index contributed by atoms with van der Waals surface area (Å²) in [5, 5.41) is 3.05. The van der Waals surface area contributed by atoms with Gasteiger partial charge in [0.1, 0.15) is 0 Å². The van der Waals surface area contributed by atoms with E-state index in [4.69, 9.17) is 18.6 Å². The highest BCUT2D eigenvalue weighted by Gasteiger charge is 2.36. The molecule has 7 heteroatoms. The maximum Gasteiger partial charge on any atom is 0.287 e. The summed E-state index contributed by atoms with van der Waals surface area (Å²) < 4.78 is 22.5. The Morgan fingerprint density at radius 1 is 1.19 bits per heavy atom. The summed E-state index contributed by atoms with van der Waals surface area (Å²) in [6.45, 7) is 3.93. The predicted molar refractivity (Wildman–Crippen MR) is 97.8 cm³/mol. The number of ether oxygens (including phenoxy) is 3. The first-order chi connectivity index (χ1) is 12.6. The Morgan fingerprint density at radius 3 is 2.69 bits per heavy atom. The molecule has 3 heterocycles. The Kier molecular flexibility index (Phi) is 4.67. The number of hydrogen-bond donors (Lipinski definition) is 1. The molecular formula is C19H20BrNO5. The average Bonchev–Trinajstić information content (AvgIpc) is 3.25. The van der Waals surface area contributed by atoms with Gasteiger partial charge in [0.25, 0.3) is 5.91 Å². The van der Waals surface area contributed by atoms with E-state index in [1.165, 1.54) is 0 Å². The minimum Gasteiger partial charge on any atom is -0.454 e. The van der Waals surface area contributed by atoms with Crippen molar-refractivity contribution in [2.45, 2.75) is 25.2 Å². The van der Waals surface area contributed by atoms with E-state index in [-0.39, 0.29) is 18.1 Å². The van der Waals surface area contributed by atoms with Crippen molar-refractivity contribution in [3.8, 4) is 11.5 Å². The van der Waals surface area contributed by atoms with Crippen molar-refractivity contribution in [2.75, 3.05) is 26.6 Å². The van der Waals surface area contributed by atoms with E-state index in [1.807, 2.05) is 19.1 Å². The number of furan rings is 1. The number of nitrogens with one attached hydrogen (secondary N) is 1. The summed E-state index contributed by atoms with van der Waals surface area (Å²) in [5.41, 5.74) is 1.73. The zero-order valence-electron chi connectivity index (χ0n) is 14.5. The maximum atomic E-state index is 12.6. The third-order valence-corrected chi connectivity index (χ3v) is 5.51. The van der Waals surface area contributed by atoms with Gasteiger partial charge in [0.2, 0.25) is 6.79 Å². The molecule has 0 unspecified atom stereocenters. The normalized spacial score (nSPS) is 17.9. The molecule has 0 aliphatic carbocycles. The third-order valence-electron chi connectivity index (χ3n) is 5.12. The van der Waals surface area contributed by atoms with Gasteiger partial charge in [0, 0.05) is 30.7 Å². The van der Waals surface area contributed by atoms with Crippen LogP contribution in [0.15, 0.2) is 33.4 Å². The molecule has 4 rings (SSSR count). The van der Waals surface area contributed by atoms with Crippen LogP contribution >= 0.6 is 15.9 Å². The highest BCUT2D eigenvalue weighted by atomic mass is 79.9. The van der Waals surface area contributed by atoms with E-state index in [0.29, 0.717) is 30.2 Å².